The van der Waals surface area contributed by atoms with E-state index in [0.29, 0.717) is 12.8 Å². The minimum atomic E-state index is -3.66. The van der Waals surface area contributed by atoms with Crippen LogP contribution in [-0.4, -0.2) is 24.8 Å². The van der Waals surface area contributed by atoms with Crippen molar-refractivity contribution in [3.63, 3.8) is 0 Å². The first-order valence-electron chi connectivity index (χ1n) is 4.49. The Balaban J connectivity index is 2.79. The van der Waals surface area contributed by atoms with Gasteiger partial charge in [0.1, 0.15) is 5.78 Å². The summed E-state index contributed by atoms with van der Waals surface area (Å²) < 4.78 is 30.5. The number of rotatable bonds is 2. The third-order valence-corrected chi connectivity index (χ3v) is 2.45. The van der Waals surface area contributed by atoms with Crippen molar-refractivity contribution in [1.29, 1.82) is 0 Å². The molecule has 1 rings (SSSR count). The number of alkyl halides is 2. The van der Waals surface area contributed by atoms with Crippen molar-refractivity contribution >= 4 is 11.8 Å². The minimum Gasteiger partial charge on any atom is -0.465 e. The molecule has 1 aliphatic rings. The summed E-state index contributed by atoms with van der Waals surface area (Å²) in [5.74, 6) is -7.29. The second-order valence-electron chi connectivity index (χ2n) is 3.38. The maximum absolute atomic E-state index is 13.3. The van der Waals surface area contributed by atoms with Crippen LogP contribution in [0, 0.1) is 5.92 Å². The third kappa shape index (κ3) is 1.91. The average molecular weight is 206 g/mol. The molecule has 0 amide bonds. The van der Waals surface area contributed by atoms with Gasteiger partial charge in [-0.15, -0.1) is 0 Å². The maximum Gasteiger partial charge on any atom is 0.377 e. The molecule has 1 fully saturated rings. The SMILES string of the molecule is COC(=O)C(F)(F)C1CCCCC1=O. The zero-order chi connectivity index (χ0) is 10.8. The highest BCUT2D eigenvalue weighted by Crippen LogP contribution is 2.35. The molecule has 1 aliphatic carbocycles. The Morgan fingerprint density at radius 2 is 2.14 bits per heavy atom. The summed E-state index contributed by atoms with van der Waals surface area (Å²) in [5.41, 5.74) is 0. The van der Waals surface area contributed by atoms with Crippen LogP contribution in [0.2, 0.25) is 0 Å². The van der Waals surface area contributed by atoms with Crippen molar-refractivity contribution in [2.24, 2.45) is 5.92 Å². The van der Waals surface area contributed by atoms with Gasteiger partial charge in [0.05, 0.1) is 13.0 Å². The number of carbonyl (C=O) groups excluding carboxylic acids is 2. The first-order chi connectivity index (χ1) is 6.50. The molecule has 0 N–H and O–H groups in total. The number of hydrogen-bond acceptors (Lipinski definition) is 3. The molecule has 80 valence electrons. The molecule has 0 aliphatic heterocycles. The number of hydrogen-bond donors (Lipinski definition) is 0. The lowest BCUT2D eigenvalue weighted by Crippen LogP contribution is -2.43. The molecule has 1 atom stereocenters. The zero-order valence-corrected chi connectivity index (χ0v) is 7.89. The quantitative estimate of drug-likeness (QED) is 0.644. The van der Waals surface area contributed by atoms with E-state index in [2.05, 4.69) is 4.74 Å². The van der Waals surface area contributed by atoms with Gasteiger partial charge in [0.2, 0.25) is 0 Å². The van der Waals surface area contributed by atoms with E-state index in [1.165, 1.54) is 0 Å². The number of methoxy groups -OCH3 is 1. The number of Topliss-reactive ketones (excluding diaryl/α,β-unsaturated/α-hetero) is 1. The van der Waals surface area contributed by atoms with E-state index >= 15 is 0 Å². The van der Waals surface area contributed by atoms with Crippen LogP contribution in [0.3, 0.4) is 0 Å². The van der Waals surface area contributed by atoms with Gasteiger partial charge in [-0.05, 0) is 12.8 Å². The molecule has 0 aromatic heterocycles. The predicted molar refractivity (Wildman–Crippen MR) is 43.9 cm³/mol. The maximum atomic E-state index is 13.3. The lowest BCUT2D eigenvalue weighted by Gasteiger charge is -2.26. The van der Waals surface area contributed by atoms with E-state index in [9.17, 15) is 18.4 Å². The molecule has 0 spiro atoms. The predicted octanol–water partition coefficient (Wildman–Crippen LogP) is 1.55. The van der Waals surface area contributed by atoms with Crippen molar-refractivity contribution < 1.29 is 23.1 Å². The van der Waals surface area contributed by atoms with Gasteiger partial charge in [-0.3, -0.25) is 4.79 Å². The van der Waals surface area contributed by atoms with E-state index in [-0.39, 0.29) is 12.8 Å². The molecule has 0 bridgehead atoms. The first kappa shape index (κ1) is 11.1. The Morgan fingerprint density at radius 3 is 2.64 bits per heavy atom. The fourth-order valence-corrected chi connectivity index (χ4v) is 1.64. The highest BCUT2D eigenvalue weighted by molar-refractivity contribution is 5.90. The number of esters is 1. The molecule has 1 saturated carbocycles. The van der Waals surface area contributed by atoms with Gasteiger partial charge in [-0.2, -0.15) is 8.78 Å². The number of ether oxygens (including phenoxy) is 1. The average Bonchev–Trinajstić information content (AvgIpc) is 2.17. The Morgan fingerprint density at radius 1 is 1.50 bits per heavy atom. The van der Waals surface area contributed by atoms with Gasteiger partial charge >= 0.3 is 11.9 Å². The fraction of sp³-hybridized carbons (Fsp3) is 0.778. The van der Waals surface area contributed by atoms with Crippen molar-refractivity contribution in [3.05, 3.63) is 0 Å². The smallest absolute Gasteiger partial charge is 0.377 e. The third-order valence-electron chi connectivity index (χ3n) is 2.45. The summed E-state index contributed by atoms with van der Waals surface area (Å²) in [7, 11) is 0.892. The van der Waals surface area contributed by atoms with Crippen LogP contribution in [0.1, 0.15) is 25.7 Å². The second-order valence-corrected chi connectivity index (χ2v) is 3.38. The lowest BCUT2D eigenvalue weighted by atomic mass is 9.83. The number of ketones is 1. The van der Waals surface area contributed by atoms with E-state index in [1.54, 1.807) is 0 Å². The van der Waals surface area contributed by atoms with Gasteiger partial charge in [0.15, 0.2) is 0 Å². The fourth-order valence-electron chi connectivity index (χ4n) is 1.64. The molecule has 1 unspecified atom stereocenters. The van der Waals surface area contributed by atoms with Crippen LogP contribution in [0.4, 0.5) is 8.78 Å². The van der Waals surface area contributed by atoms with E-state index in [0.717, 1.165) is 7.11 Å². The Bertz CT molecular complexity index is 250. The standard InChI is InChI=1S/C9H12F2O3/c1-14-8(13)9(10,11)6-4-2-3-5-7(6)12/h6H,2-5H2,1H3. The van der Waals surface area contributed by atoms with Crippen LogP contribution in [0.15, 0.2) is 0 Å². The van der Waals surface area contributed by atoms with Crippen LogP contribution in [0.5, 0.6) is 0 Å². The van der Waals surface area contributed by atoms with Gasteiger partial charge in [0, 0.05) is 6.42 Å². The summed E-state index contributed by atoms with van der Waals surface area (Å²) >= 11 is 0. The van der Waals surface area contributed by atoms with E-state index in [4.69, 9.17) is 0 Å². The Labute approximate surface area is 80.4 Å². The number of halogens is 2. The summed E-state index contributed by atoms with van der Waals surface area (Å²) in [5, 5.41) is 0. The van der Waals surface area contributed by atoms with Crippen molar-refractivity contribution in [3.8, 4) is 0 Å². The lowest BCUT2D eigenvalue weighted by molar-refractivity contribution is -0.181. The monoisotopic (exact) mass is 206 g/mol. The summed E-state index contributed by atoms with van der Waals surface area (Å²) in [6.07, 6.45) is 1.40. The van der Waals surface area contributed by atoms with Crippen molar-refractivity contribution in [1.82, 2.24) is 0 Å². The molecule has 5 heteroatoms. The topological polar surface area (TPSA) is 43.4 Å². The summed E-state index contributed by atoms with van der Waals surface area (Å²) in [4.78, 5) is 21.9. The molecular weight excluding hydrogens is 194 g/mol. The highest BCUT2D eigenvalue weighted by atomic mass is 19.3. The zero-order valence-electron chi connectivity index (χ0n) is 7.89. The summed E-state index contributed by atoms with van der Waals surface area (Å²) in [6.45, 7) is 0. The molecule has 0 aromatic rings. The van der Waals surface area contributed by atoms with Gasteiger partial charge in [-0.25, -0.2) is 4.79 Å². The molecule has 0 saturated heterocycles. The molecule has 14 heavy (non-hydrogen) atoms. The first-order valence-corrected chi connectivity index (χ1v) is 4.49. The van der Waals surface area contributed by atoms with Gasteiger partial charge in [0.25, 0.3) is 0 Å². The Kier molecular flexibility index (Phi) is 3.18. The molecule has 3 nitrogen and oxygen atoms in total. The van der Waals surface area contributed by atoms with E-state index < -0.39 is 23.6 Å². The van der Waals surface area contributed by atoms with Crippen molar-refractivity contribution in [2.75, 3.05) is 7.11 Å². The molecule has 0 aromatic carbocycles. The Hall–Kier alpha value is -1.00. The molecule has 0 heterocycles. The number of carbonyl (C=O) groups is 2. The van der Waals surface area contributed by atoms with Gasteiger partial charge < -0.3 is 4.74 Å². The van der Waals surface area contributed by atoms with E-state index in [1.807, 2.05) is 0 Å². The van der Waals surface area contributed by atoms with Gasteiger partial charge in [-0.1, -0.05) is 6.42 Å². The second kappa shape index (κ2) is 4.02. The van der Waals surface area contributed by atoms with Crippen LogP contribution < -0.4 is 0 Å². The van der Waals surface area contributed by atoms with Crippen LogP contribution >= 0.6 is 0 Å². The minimum absolute atomic E-state index is 0.0704. The molecular formula is C9H12F2O3. The largest absolute Gasteiger partial charge is 0.465 e. The summed E-state index contributed by atoms with van der Waals surface area (Å²) in [6, 6.07) is 0. The van der Waals surface area contributed by atoms with Crippen molar-refractivity contribution in [2.45, 2.75) is 31.6 Å². The normalized spacial score (nSPS) is 23.4. The highest BCUT2D eigenvalue weighted by Gasteiger charge is 2.51. The van der Waals surface area contributed by atoms with Crippen LogP contribution in [-0.2, 0) is 14.3 Å². The van der Waals surface area contributed by atoms with Crippen LogP contribution in [0.25, 0.3) is 0 Å². The molecule has 0 radical (unpaired) electrons.